The predicted molar refractivity (Wildman–Crippen MR) is 106 cm³/mol. The molecule has 6 nitrogen and oxygen atoms in total. The number of benzene rings is 2. The third kappa shape index (κ3) is 4.46. The minimum Gasteiger partial charge on any atom is -0.374 e. The molecule has 3 rings (SSSR count). The number of hydrogen-bond donors (Lipinski definition) is 1. The molecule has 0 saturated carbocycles. The second-order valence-corrected chi connectivity index (χ2v) is 6.54. The lowest BCUT2D eigenvalue weighted by atomic mass is 10.1. The lowest BCUT2D eigenvalue weighted by Crippen LogP contribution is -2.33. The zero-order valence-corrected chi connectivity index (χ0v) is 15.7. The van der Waals surface area contributed by atoms with E-state index in [-0.39, 0.29) is 24.2 Å². The average molecular weight is 367 g/mol. The Morgan fingerprint density at radius 2 is 1.74 bits per heavy atom. The molecule has 0 aliphatic rings. The molecule has 0 spiro atoms. The summed E-state index contributed by atoms with van der Waals surface area (Å²) >= 11 is 0. The van der Waals surface area contributed by atoms with Gasteiger partial charge in [-0.2, -0.15) is 0 Å². The van der Waals surface area contributed by atoms with Gasteiger partial charge in [-0.05, 0) is 31.0 Å². The molecule has 0 radical (unpaired) electrons. The molecule has 3 aromatic rings. The van der Waals surface area contributed by atoms with Gasteiger partial charge in [-0.3, -0.25) is 13.9 Å². The number of nitrogens with zero attached hydrogens (tertiary/aromatic N) is 2. The Kier molecular flexibility index (Phi) is 6.08. The van der Waals surface area contributed by atoms with Gasteiger partial charge in [0.05, 0.1) is 17.1 Å². The molecule has 27 heavy (non-hydrogen) atoms. The van der Waals surface area contributed by atoms with Crippen molar-refractivity contribution in [3.63, 3.8) is 0 Å². The monoisotopic (exact) mass is 367 g/mol. The van der Waals surface area contributed by atoms with Crippen molar-refractivity contribution >= 4 is 16.9 Å². The number of rotatable bonds is 8. The van der Waals surface area contributed by atoms with Crippen LogP contribution in [0.15, 0.2) is 59.4 Å². The SMILES string of the molecule is CC(OCCCNC(=O)Cn1c(=O)n(C)c2ccccc21)c1ccccc1. The van der Waals surface area contributed by atoms with Gasteiger partial charge in [-0.25, -0.2) is 4.79 Å². The van der Waals surface area contributed by atoms with Crippen molar-refractivity contribution in [1.82, 2.24) is 14.5 Å². The van der Waals surface area contributed by atoms with Gasteiger partial charge in [0.15, 0.2) is 0 Å². The van der Waals surface area contributed by atoms with Crippen molar-refractivity contribution < 1.29 is 9.53 Å². The molecule has 1 unspecified atom stereocenters. The molecule has 1 aromatic heterocycles. The largest absolute Gasteiger partial charge is 0.374 e. The highest BCUT2D eigenvalue weighted by Gasteiger charge is 2.12. The van der Waals surface area contributed by atoms with Crippen molar-refractivity contribution in [2.75, 3.05) is 13.2 Å². The summed E-state index contributed by atoms with van der Waals surface area (Å²) in [4.78, 5) is 24.6. The quantitative estimate of drug-likeness (QED) is 0.623. The predicted octanol–water partition coefficient (Wildman–Crippen LogP) is 2.62. The molecule has 1 amide bonds. The van der Waals surface area contributed by atoms with Crippen LogP contribution in [0.3, 0.4) is 0 Å². The van der Waals surface area contributed by atoms with E-state index in [0.717, 1.165) is 16.6 Å². The molecule has 0 saturated heterocycles. The van der Waals surface area contributed by atoms with Crippen LogP contribution in [0.1, 0.15) is 25.0 Å². The maximum absolute atomic E-state index is 12.3. The molecule has 0 bridgehead atoms. The molecule has 0 aliphatic carbocycles. The summed E-state index contributed by atoms with van der Waals surface area (Å²) in [6.45, 7) is 3.10. The number of ether oxygens (including phenoxy) is 1. The lowest BCUT2D eigenvalue weighted by molar-refractivity contribution is -0.121. The van der Waals surface area contributed by atoms with Gasteiger partial charge in [0.25, 0.3) is 0 Å². The first kappa shape index (κ1) is 18.9. The van der Waals surface area contributed by atoms with Gasteiger partial charge in [-0.15, -0.1) is 0 Å². The van der Waals surface area contributed by atoms with Crippen LogP contribution in [0.5, 0.6) is 0 Å². The van der Waals surface area contributed by atoms with Crippen LogP contribution in [-0.4, -0.2) is 28.2 Å². The number of aryl methyl sites for hydroxylation is 1. The van der Waals surface area contributed by atoms with E-state index < -0.39 is 0 Å². The van der Waals surface area contributed by atoms with Crippen LogP contribution < -0.4 is 11.0 Å². The number of aromatic nitrogens is 2. The molecule has 1 atom stereocenters. The van der Waals surface area contributed by atoms with Gasteiger partial charge in [0.1, 0.15) is 6.54 Å². The number of hydrogen-bond acceptors (Lipinski definition) is 3. The van der Waals surface area contributed by atoms with Gasteiger partial charge < -0.3 is 10.1 Å². The zero-order valence-electron chi connectivity index (χ0n) is 15.7. The van der Waals surface area contributed by atoms with Crippen LogP contribution in [0, 0.1) is 0 Å². The van der Waals surface area contributed by atoms with Crippen LogP contribution in [0.2, 0.25) is 0 Å². The van der Waals surface area contributed by atoms with Crippen LogP contribution in [0.25, 0.3) is 11.0 Å². The van der Waals surface area contributed by atoms with Gasteiger partial charge in [0, 0.05) is 20.2 Å². The van der Waals surface area contributed by atoms with E-state index in [0.29, 0.717) is 19.6 Å². The van der Waals surface area contributed by atoms with E-state index in [4.69, 9.17) is 4.74 Å². The molecule has 1 heterocycles. The van der Waals surface area contributed by atoms with E-state index in [1.807, 2.05) is 61.5 Å². The molecule has 1 N–H and O–H groups in total. The maximum atomic E-state index is 12.3. The summed E-state index contributed by atoms with van der Waals surface area (Å²) in [5.74, 6) is -0.176. The number of amides is 1. The van der Waals surface area contributed by atoms with Crippen molar-refractivity contribution in [2.45, 2.75) is 26.0 Å². The van der Waals surface area contributed by atoms with Crippen LogP contribution in [0.4, 0.5) is 0 Å². The highest BCUT2D eigenvalue weighted by atomic mass is 16.5. The fraction of sp³-hybridized carbons (Fsp3) is 0.333. The first-order valence-corrected chi connectivity index (χ1v) is 9.15. The normalized spacial score (nSPS) is 12.2. The maximum Gasteiger partial charge on any atom is 0.329 e. The highest BCUT2D eigenvalue weighted by Crippen LogP contribution is 2.15. The molecular weight excluding hydrogens is 342 g/mol. The van der Waals surface area contributed by atoms with Crippen molar-refractivity contribution in [3.8, 4) is 0 Å². The Bertz CT molecular complexity index is 960. The van der Waals surface area contributed by atoms with E-state index in [9.17, 15) is 9.59 Å². The number of fused-ring (bicyclic) bond motifs is 1. The molecular formula is C21H25N3O3. The fourth-order valence-electron chi connectivity index (χ4n) is 3.10. The molecule has 142 valence electrons. The average Bonchev–Trinajstić information content (AvgIpc) is 2.93. The van der Waals surface area contributed by atoms with E-state index in [2.05, 4.69) is 5.32 Å². The number of carbonyl (C=O) groups is 1. The first-order valence-electron chi connectivity index (χ1n) is 9.15. The molecule has 6 heteroatoms. The second-order valence-electron chi connectivity index (χ2n) is 6.54. The third-order valence-electron chi connectivity index (χ3n) is 4.63. The Labute approximate surface area is 158 Å². The molecule has 2 aromatic carbocycles. The summed E-state index contributed by atoms with van der Waals surface area (Å²) in [6, 6.07) is 17.5. The standard InChI is InChI=1S/C21H25N3O3/c1-16(17-9-4-3-5-10-17)27-14-8-13-22-20(25)15-24-19-12-7-6-11-18(19)23(2)21(24)26/h3-7,9-12,16H,8,13-15H2,1-2H3,(H,22,25). The van der Waals surface area contributed by atoms with Crippen LogP contribution >= 0.6 is 0 Å². The second kappa shape index (κ2) is 8.68. The van der Waals surface area contributed by atoms with E-state index >= 15 is 0 Å². The summed E-state index contributed by atoms with van der Waals surface area (Å²) in [6.07, 6.45) is 0.740. The minimum absolute atomic E-state index is 0.0153. The summed E-state index contributed by atoms with van der Waals surface area (Å²) in [5, 5.41) is 2.86. The third-order valence-corrected chi connectivity index (χ3v) is 4.63. The summed E-state index contributed by atoms with van der Waals surface area (Å²) < 4.78 is 8.85. The Morgan fingerprint density at radius 3 is 2.48 bits per heavy atom. The summed E-state index contributed by atoms with van der Waals surface area (Å²) in [7, 11) is 1.71. The fourth-order valence-corrected chi connectivity index (χ4v) is 3.10. The Hall–Kier alpha value is -2.86. The zero-order chi connectivity index (χ0) is 19.2. The summed E-state index contributed by atoms with van der Waals surface area (Å²) in [5.41, 5.74) is 2.53. The van der Waals surface area contributed by atoms with Gasteiger partial charge in [0.2, 0.25) is 5.91 Å². The van der Waals surface area contributed by atoms with Crippen molar-refractivity contribution in [1.29, 1.82) is 0 Å². The minimum atomic E-state index is -0.189. The number of para-hydroxylation sites is 2. The number of nitrogens with one attached hydrogen (secondary N) is 1. The number of imidazole rings is 1. The van der Waals surface area contributed by atoms with Gasteiger partial charge >= 0.3 is 5.69 Å². The van der Waals surface area contributed by atoms with Crippen molar-refractivity contribution in [3.05, 3.63) is 70.6 Å². The van der Waals surface area contributed by atoms with E-state index in [1.165, 1.54) is 4.57 Å². The number of carbonyl (C=O) groups excluding carboxylic acids is 1. The topological polar surface area (TPSA) is 65.3 Å². The smallest absolute Gasteiger partial charge is 0.329 e. The van der Waals surface area contributed by atoms with E-state index in [1.54, 1.807) is 11.6 Å². The molecule has 0 aliphatic heterocycles. The Morgan fingerprint density at radius 1 is 1.07 bits per heavy atom. The Balaban J connectivity index is 1.46. The van der Waals surface area contributed by atoms with Crippen LogP contribution in [-0.2, 0) is 23.1 Å². The first-order chi connectivity index (χ1) is 13.1. The highest BCUT2D eigenvalue weighted by molar-refractivity contribution is 5.80. The van der Waals surface area contributed by atoms with Gasteiger partial charge in [-0.1, -0.05) is 42.5 Å². The lowest BCUT2D eigenvalue weighted by Gasteiger charge is -2.13. The van der Waals surface area contributed by atoms with Crippen molar-refractivity contribution in [2.24, 2.45) is 7.05 Å². The molecule has 0 fully saturated rings.